The fraction of sp³-hybridized carbons (Fsp3) is 0.923. The maximum atomic E-state index is 11.9. The molecule has 1 amide bonds. The summed E-state index contributed by atoms with van der Waals surface area (Å²) >= 11 is 0. The lowest BCUT2D eigenvalue weighted by molar-refractivity contribution is -0.135. The van der Waals surface area contributed by atoms with Gasteiger partial charge in [0.1, 0.15) is 0 Å². The molecule has 2 rings (SSSR count). The first-order chi connectivity index (χ1) is 8.86. The lowest BCUT2D eigenvalue weighted by Crippen LogP contribution is -2.41. The molecule has 0 aromatic carbocycles. The maximum Gasteiger partial charge on any atom is 0.222 e. The van der Waals surface area contributed by atoms with Gasteiger partial charge < -0.3 is 19.9 Å². The van der Waals surface area contributed by atoms with Crippen LogP contribution in [0.15, 0.2) is 0 Å². The van der Waals surface area contributed by atoms with Gasteiger partial charge in [0.15, 0.2) is 0 Å². The average molecular weight is 255 g/mol. The van der Waals surface area contributed by atoms with Gasteiger partial charge in [0.25, 0.3) is 0 Å². The highest BCUT2D eigenvalue weighted by molar-refractivity contribution is 5.76. The van der Waals surface area contributed by atoms with Gasteiger partial charge in [-0.1, -0.05) is 0 Å². The van der Waals surface area contributed by atoms with Crippen LogP contribution in [0.1, 0.15) is 19.3 Å². The average Bonchev–Trinajstić information content (AvgIpc) is 2.68. The van der Waals surface area contributed by atoms with Gasteiger partial charge in [0.05, 0.1) is 13.2 Å². The van der Waals surface area contributed by atoms with Crippen LogP contribution >= 0.6 is 0 Å². The van der Waals surface area contributed by atoms with E-state index in [4.69, 9.17) is 4.74 Å². The molecule has 2 aliphatic rings. The van der Waals surface area contributed by atoms with Crippen molar-refractivity contribution in [2.75, 3.05) is 59.0 Å². The minimum atomic E-state index is 0.297. The van der Waals surface area contributed by atoms with Crippen LogP contribution in [0.25, 0.3) is 0 Å². The summed E-state index contributed by atoms with van der Waals surface area (Å²) in [6.07, 6.45) is 2.89. The number of nitrogens with one attached hydrogen (secondary N) is 1. The Morgan fingerprint density at radius 2 is 1.94 bits per heavy atom. The smallest absolute Gasteiger partial charge is 0.222 e. The van der Waals surface area contributed by atoms with Crippen molar-refractivity contribution >= 4 is 5.91 Å². The molecule has 0 unspecified atom stereocenters. The molecular weight excluding hydrogens is 230 g/mol. The summed E-state index contributed by atoms with van der Waals surface area (Å²) in [5.74, 6) is 0.297. The van der Waals surface area contributed by atoms with Crippen LogP contribution in [-0.2, 0) is 9.53 Å². The summed E-state index contributed by atoms with van der Waals surface area (Å²) in [6, 6.07) is 0. The van der Waals surface area contributed by atoms with E-state index in [0.717, 1.165) is 45.7 Å². The van der Waals surface area contributed by atoms with Gasteiger partial charge in [-0.25, -0.2) is 0 Å². The predicted octanol–water partition coefficient (Wildman–Crippen LogP) is -0.0793. The molecule has 0 bridgehead atoms. The highest BCUT2D eigenvalue weighted by Gasteiger charge is 2.16. The van der Waals surface area contributed by atoms with Crippen LogP contribution in [0.5, 0.6) is 0 Å². The number of nitrogens with zero attached hydrogens (tertiary/aromatic N) is 2. The Morgan fingerprint density at radius 1 is 1.11 bits per heavy atom. The second-order valence-corrected chi connectivity index (χ2v) is 5.04. The predicted molar refractivity (Wildman–Crippen MR) is 70.6 cm³/mol. The van der Waals surface area contributed by atoms with Gasteiger partial charge in [-0.15, -0.1) is 0 Å². The van der Waals surface area contributed by atoms with Crippen molar-refractivity contribution in [2.24, 2.45) is 0 Å². The minimum absolute atomic E-state index is 0.297. The second-order valence-electron chi connectivity index (χ2n) is 5.04. The fourth-order valence-electron chi connectivity index (χ4n) is 2.55. The van der Waals surface area contributed by atoms with Crippen LogP contribution in [0.2, 0.25) is 0 Å². The fourth-order valence-corrected chi connectivity index (χ4v) is 2.55. The van der Waals surface area contributed by atoms with Crippen LogP contribution in [0.3, 0.4) is 0 Å². The molecule has 2 heterocycles. The third-order valence-corrected chi connectivity index (χ3v) is 3.66. The van der Waals surface area contributed by atoms with Crippen molar-refractivity contribution in [1.82, 2.24) is 15.1 Å². The first-order valence-electron chi connectivity index (χ1n) is 7.15. The molecule has 5 nitrogen and oxygen atoms in total. The van der Waals surface area contributed by atoms with Crippen molar-refractivity contribution in [3.8, 4) is 0 Å². The van der Waals surface area contributed by atoms with Gasteiger partial charge in [-0.05, 0) is 32.5 Å². The quantitative estimate of drug-likeness (QED) is 0.763. The lowest BCUT2D eigenvalue weighted by atomic mass is 10.2. The number of rotatable bonds is 4. The summed E-state index contributed by atoms with van der Waals surface area (Å²) in [5, 5.41) is 3.40. The third kappa shape index (κ3) is 4.55. The van der Waals surface area contributed by atoms with Crippen molar-refractivity contribution < 1.29 is 9.53 Å². The molecule has 0 aromatic rings. The number of amides is 1. The number of morpholine rings is 1. The molecule has 5 heteroatoms. The summed E-state index contributed by atoms with van der Waals surface area (Å²) in [6.45, 7) is 8.48. The van der Waals surface area contributed by atoms with E-state index in [0.29, 0.717) is 25.5 Å². The van der Waals surface area contributed by atoms with Crippen molar-refractivity contribution in [1.29, 1.82) is 0 Å². The summed E-state index contributed by atoms with van der Waals surface area (Å²) in [7, 11) is 0. The molecule has 104 valence electrons. The maximum absolute atomic E-state index is 11.9. The Kier molecular flexibility index (Phi) is 5.90. The van der Waals surface area contributed by atoms with E-state index in [1.165, 1.54) is 13.0 Å². The summed E-state index contributed by atoms with van der Waals surface area (Å²) in [5.41, 5.74) is 0. The highest BCUT2D eigenvalue weighted by Crippen LogP contribution is 2.04. The van der Waals surface area contributed by atoms with E-state index in [1.54, 1.807) is 0 Å². The molecule has 2 aliphatic heterocycles. The van der Waals surface area contributed by atoms with Crippen LogP contribution < -0.4 is 5.32 Å². The zero-order valence-electron chi connectivity index (χ0n) is 11.2. The number of carbonyl (C=O) groups is 1. The molecule has 0 aliphatic carbocycles. The Morgan fingerprint density at radius 3 is 2.78 bits per heavy atom. The molecule has 0 aromatic heterocycles. The first-order valence-corrected chi connectivity index (χ1v) is 7.15. The van der Waals surface area contributed by atoms with Crippen molar-refractivity contribution in [3.05, 3.63) is 0 Å². The summed E-state index contributed by atoms with van der Waals surface area (Å²) in [4.78, 5) is 16.4. The molecule has 1 N–H and O–H groups in total. The zero-order chi connectivity index (χ0) is 12.6. The van der Waals surface area contributed by atoms with Crippen LogP contribution in [-0.4, -0.2) is 74.7 Å². The minimum Gasteiger partial charge on any atom is -0.378 e. The highest BCUT2D eigenvalue weighted by atomic mass is 16.5. The molecule has 0 saturated carbocycles. The topological polar surface area (TPSA) is 44.8 Å². The number of carbonyl (C=O) groups excluding carboxylic acids is 1. The van der Waals surface area contributed by atoms with Crippen LogP contribution in [0.4, 0.5) is 0 Å². The molecule has 0 atom stereocenters. The van der Waals surface area contributed by atoms with Gasteiger partial charge in [0, 0.05) is 32.6 Å². The van der Waals surface area contributed by atoms with Crippen LogP contribution in [0, 0.1) is 0 Å². The molecule has 18 heavy (non-hydrogen) atoms. The van der Waals surface area contributed by atoms with Gasteiger partial charge in [-0.2, -0.15) is 0 Å². The largest absolute Gasteiger partial charge is 0.378 e. The Hall–Kier alpha value is -0.650. The van der Waals surface area contributed by atoms with Gasteiger partial charge >= 0.3 is 0 Å². The SMILES string of the molecule is O=C(CCCN1CCCNCC1)N1CCOCC1. The molecular formula is C13H25N3O2. The first kappa shape index (κ1) is 13.8. The van der Waals surface area contributed by atoms with E-state index in [2.05, 4.69) is 10.2 Å². The molecule has 2 saturated heterocycles. The second kappa shape index (κ2) is 7.71. The van der Waals surface area contributed by atoms with E-state index in [9.17, 15) is 4.79 Å². The molecule has 2 fully saturated rings. The normalized spacial score (nSPS) is 22.8. The van der Waals surface area contributed by atoms with E-state index in [1.807, 2.05) is 4.90 Å². The molecule has 0 spiro atoms. The van der Waals surface area contributed by atoms with Crippen molar-refractivity contribution in [2.45, 2.75) is 19.3 Å². The van der Waals surface area contributed by atoms with E-state index >= 15 is 0 Å². The van der Waals surface area contributed by atoms with Crippen molar-refractivity contribution in [3.63, 3.8) is 0 Å². The Bertz CT molecular complexity index is 247. The van der Waals surface area contributed by atoms with Gasteiger partial charge in [0.2, 0.25) is 5.91 Å². The Labute approximate surface area is 109 Å². The number of hydrogen-bond acceptors (Lipinski definition) is 4. The Balaban J connectivity index is 1.60. The number of ether oxygens (including phenoxy) is 1. The summed E-state index contributed by atoms with van der Waals surface area (Å²) < 4.78 is 5.25. The monoisotopic (exact) mass is 255 g/mol. The lowest BCUT2D eigenvalue weighted by Gasteiger charge is -2.27. The zero-order valence-corrected chi connectivity index (χ0v) is 11.2. The van der Waals surface area contributed by atoms with E-state index in [-0.39, 0.29) is 0 Å². The third-order valence-electron chi connectivity index (χ3n) is 3.66. The molecule has 0 radical (unpaired) electrons. The van der Waals surface area contributed by atoms with Gasteiger partial charge in [-0.3, -0.25) is 4.79 Å². The standard InChI is InChI=1S/C13H25N3O2/c17-13(16-9-11-18-12-10-16)3-1-6-15-7-2-4-14-5-8-15/h14H,1-12H2. The van der Waals surface area contributed by atoms with E-state index < -0.39 is 0 Å². The number of hydrogen-bond donors (Lipinski definition) is 1.